The Balaban J connectivity index is 1.05. The molecule has 7 aromatic rings. The first-order chi connectivity index (χ1) is 34.1. The van der Waals surface area contributed by atoms with Gasteiger partial charge in [0.2, 0.25) is 11.7 Å². The topological polar surface area (TPSA) is 192 Å². The van der Waals surface area contributed by atoms with Crippen LogP contribution >= 0.6 is 0 Å². The quantitative estimate of drug-likeness (QED) is 0.0755. The minimum absolute atomic E-state index is 0.0550. The molecule has 1 fully saturated rings. The third-order valence-corrected chi connectivity index (χ3v) is 12.0. The molecule has 6 atom stereocenters. The monoisotopic (exact) mass is 941 g/mol. The molecular weight excluding hydrogens is 895 g/mol. The van der Waals surface area contributed by atoms with Crippen LogP contribution in [0.2, 0.25) is 0 Å². The van der Waals surface area contributed by atoms with Gasteiger partial charge in [0, 0.05) is 5.92 Å². The van der Waals surface area contributed by atoms with E-state index in [1.54, 1.807) is 84.9 Å². The summed E-state index contributed by atoms with van der Waals surface area (Å²) in [6.45, 7) is 3.17. The number of rotatable bonds is 15. The fourth-order valence-electron chi connectivity index (χ4n) is 8.54. The molecule has 1 aromatic heterocycles. The maximum Gasteiger partial charge on any atom is 0.407 e. The van der Waals surface area contributed by atoms with Crippen LogP contribution in [-0.4, -0.2) is 77.7 Å². The predicted molar refractivity (Wildman–Crippen MR) is 251 cm³/mol. The van der Waals surface area contributed by atoms with E-state index >= 15 is 0 Å². The second-order valence-corrected chi connectivity index (χ2v) is 16.9. The first kappa shape index (κ1) is 46.7. The van der Waals surface area contributed by atoms with E-state index in [-0.39, 0.29) is 52.4 Å². The number of nitrogens with one attached hydrogen (secondary N) is 1. The number of hydrogen-bond acceptors (Lipinski definition) is 14. The predicted octanol–water partition coefficient (Wildman–Crippen LogP) is 9.28. The lowest BCUT2D eigenvalue weighted by molar-refractivity contribution is -0.233. The fraction of sp³-hybridized carbons (Fsp3) is 0.218. The van der Waals surface area contributed by atoms with Crippen molar-refractivity contribution in [1.82, 2.24) is 15.5 Å². The summed E-state index contributed by atoms with van der Waals surface area (Å²) in [6, 6.07) is 47.4. The van der Waals surface area contributed by atoms with Crippen molar-refractivity contribution in [3.63, 3.8) is 0 Å². The number of ether oxygens (including phenoxy) is 6. The van der Waals surface area contributed by atoms with E-state index in [0.717, 1.165) is 22.3 Å². The van der Waals surface area contributed by atoms with Crippen LogP contribution < -0.4 is 5.32 Å². The van der Waals surface area contributed by atoms with Gasteiger partial charge in [-0.25, -0.2) is 24.0 Å². The van der Waals surface area contributed by atoms with E-state index in [9.17, 15) is 24.0 Å². The molecule has 70 heavy (non-hydrogen) atoms. The van der Waals surface area contributed by atoms with E-state index in [1.807, 2.05) is 62.4 Å². The number of alkyl carbamates (subject to hydrolysis) is 1. The molecule has 1 aliphatic heterocycles. The molecule has 0 unspecified atom stereocenters. The van der Waals surface area contributed by atoms with Gasteiger partial charge in [0.1, 0.15) is 25.4 Å². The first-order valence-electron chi connectivity index (χ1n) is 22.7. The van der Waals surface area contributed by atoms with Crippen molar-refractivity contribution in [2.24, 2.45) is 5.92 Å². The molecule has 0 bridgehead atoms. The summed E-state index contributed by atoms with van der Waals surface area (Å²) in [6.07, 6.45) is -8.57. The lowest BCUT2D eigenvalue weighted by atomic mass is 9.93. The van der Waals surface area contributed by atoms with Gasteiger partial charge in [0.25, 0.3) is 0 Å². The van der Waals surface area contributed by atoms with Crippen molar-refractivity contribution in [2.45, 2.75) is 56.3 Å². The molecule has 1 saturated heterocycles. The number of esters is 4. The molecule has 1 aliphatic carbocycles. The Labute approximate surface area is 402 Å². The second kappa shape index (κ2) is 21.3. The first-order valence-corrected chi connectivity index (χ1v) is 22.7. The number of nitrogens with zero attached hydrogens (tertiary/aromatic N) is 2. The largest absolute Gasteiger partial charge is 0.459 e. The van der Waals surface area contributed by atoms with Gasteiger partial charge in [0.05, 0.1) is 22.3 Å². The normalized spacial score (nSPS) is 18.6. The molecule has 1 N–H and O–H groups in total. The van der Waals surface area contributed by atoms with Crippen LogP contribution in [0.25, 0.3) is 11.1 Å². The SMILES string of the molecule is CC(C)[C@H](NC(=O)OCC1c2ccccc2-c2ccccc21)c1nc([C@@H]2O[C@H](COC(=O)c3ccccc3)[C@@H](OC(=O)c3ccccc3)[C@H](OC(=O)c3ccccc3)[C@H]2OC(=O)c2ccccc2)no1. The van der Waals surface area contributed by atoms with Crippen LogP contribution in [0, 0.1) is 5.92 Å². The Hall–Kier alpha value is -8.43. The molecule has 0 saturated carbocycles. The van der Waals surface area contributed by atoms with Crippen molar-refractivity contribution in [3.05, 3.63) is 215 Å². The number of carbonyl (C=O) groups excluding carboxylic acids is 5. The van der Waals surface area contributed by atoms with Gasteiger partial charge in [-0.3, -0.25) is 0 Å². The lowest BCUT2D eigenvalue weighted by Crippen LogP contribution is -2.60. The van der Waals surface area contributed by atoms with Crippen LogP contribution in [0.15, 0.2) is 174 Å². The van der Waals surface area contributed by atoms with Gasteiger partial charge in [0.15, 0.2) is 24.4 Å². The summed E-state index contributed by atoms with van der Waals surface area (Å²) >= 11 is 0. The summed E-state index contributed by atoms with van der Waals surface area (Å²) < 4.78 is 42.7. The zero-order chi connectivity index (χ0) is 48.6. The highest BCUT2D eigenvalue weighted by atomic mass is 16.7. The molecular formula is C55H47N3O12. The number of fused-ring (bicyclic) bond motifs is 3. The van der Waals surface area contributed by atoms with Gasteiger partial charge in [-0.2, -0.15) is 4.98 Å². The molecule has 6 aromatic carbocycles. The highest BCUT2D eigenvalue weighted by Crippen LogP contribution is 2.45. The van der Waals surface area contributed by atoms with Gasteiger partial charge in [-0.05, 0) is 76.7 Å². The molecule has 9 rings (SSSR count). The van der Waals surface area contributed by atoms with E-state index in [0.29, 0.717) is 0 Å². The third kappa shape index (κ3) is 10.3. The number of hydrogen-bond donors (Lipinski definition) is 1. The molecule has 2 aliphatic rings. The molecule has 0 spiro atoms. The standard InChI is InChI=1S/C55H47N3O12/c1-33(2)44(56-55(63)65-31-42-40-29-17-15-27-38(40)39-28-16-18-30-41(39)42)50-57-49(58-70-50)48-47(69-54(62)37-25-13-6-14-26-37)46(68-53(61)36-23-11-5-12-24-36)45(67-52(60)35-21-9-4-10-22-35)43(66-48)32-64-51(59)34-19-7-3-8-20-34/h3-30,33,42-48H,31-32H2,1-2H3,(H,56,63)/t43-,44+,45-,46+,47-,48-/m1/s1. The molecule has 15 nitrogen and oxygen atoms in total. The van der Waals surface area contributed by atoms with Gasteiger partial charge >= 0.3 is 30.0 Å². The minimum Gasteiger partial charge on any atom is -0.459 e. The van der Waals surface area contributed by atoms with Crippen LogP contribution in [0.4, 0.5) is 4.79 Å². The highest BCUT2D eigenvalue weighted by molar-refractivity contribution is 5.92. The Bertz CT molecular complexity index is 2900. The van der Waals surface area contributed by atoms with Crippen LogP contribution in [0.3, 0.4) is 0 Å². The molecule has 15 heteroatoms. The molecule has 354 valence electrons. The van der Waals surface area contributed by atoms with Crippen molar-refractivity contribution < 1.29 is 56.9 Å². The number of amides is 1. The number of carbonyl (C=O) groups is 5. The van der Waals surface area contributed by atoms with Gasteiger partial charge in [-0.1, -0.05) is 140 Å². The van der Waals surface area contributed by atoms with Crippen LogP contribution in [0.1, 0.15) is 96.2 Å². The van der Waals surface area contributed by atoms with Crippen molar-refractivity contribution in [2.75, 3.05) is 13.2 Å². The fourth-order valence-corrected chi connectivity index (χ4v) is 8.54. The van der Waals surface area contributed by atoms with E-state index in [2.05, 4.69) is 10.5 Å². The maximum absolute atomic E-state index is 14.1. The Morgan fingerprint density at radius 3 is 1.47 bits per heavy atom. The van der Waals surface area contributed by atoms with Gasteiger partial charge in [-0.15, -0.1) is 0 Å². The van der Waals surface area contributed by atoms with Crippen LogP contribution in [0.5, 0.6) is 0 Å². The van der Waals surface area contributed by atoms with Crippen LogP contribution in [-0.2, 0) is 28.4 Å². The lowest BCUT2D eigenvalue weighted by Gasteiger charge is -2.43. The number of aromatic nitrogens is 2. The Kier molecular flexibility index (Phi) is 14.2. The second-order valence-electron chi connectivity index (χ2n) is 16.9. The Morgan fingerprint density at radius 2 is 0.971 bits per heavy atom. The maximum atomic E-state index is 14.1. The highest BCUT2D eigenvalue weighted by Gasteiger charge is 2.55. The summed E-state index contributed by atoms with van der Waals surface area (Å²) in [5.41, 5.74) is 4.88. The average molecular weight is 942 g/mol. The summed E-state index contributed by atoms with van der Waals surface area (Å²) in [4.78, 5) is 74.0. The van der Waals surface area contributed by atoms with Crippen molar-refractivity contribution >= 4 is 30.0 Å². The molecule has 1 amide bonds. The average Bonchev–Trinajstić information content (AvgIpc) is 4.01. The van der Waals surface area contributed by atoms with E-state index < -0.39 is 73.1 Å². The zero-order valence-corrected chi connectivity index (χ0v) is 38.0. The van der Waals surface area contributed by atoms with Crippen molar-refractivity contribution in [3.8, 4) is 11.1 Å². The van der Waals surface area contributed by atoms with E-state index in [1.165, 1.54) is 36.4 Å². The minimum atomic E-state index is -1.66. The third-order valence-electron chi connectivity index (χ3n) is 12.0. The van der Waals surface area contributed by atoms with E-state index in [4.69, 9.17) is 37.9 Å². The number of benzene rings is 6. The Morgan fingerprint density at radius 1 is 0.529 bits per heavy atom. The van der Waals surface area contributed by atoms with Gasteiger partial charge < -0.3 is 38.3 Å². The summed E-state index contributed by atoms with van der Waals surface area (Å²) in [7, 11) is 0. The zero-order valence-electron chi connectivity index (χ0n) is 38.0. The summed E-state index contributed by atoms with van der Waals surface area (Å²) in [5, 5.41) is 7.14. The smallest absolute Gasteiger partial charge is 0.407 e. The molecule has 0 radical (unpaired) electrons. The molecule has 2 heterocycles. The summed E-state index contributed by atoms with van der Waals surface area (Å²) in [5.74, 6) is -4.08. The van der Waals surface area contributed by atoms with Crippen molar-refractivity contribution in [1.29, 1.82) is 0 Å².